The standard InChI is InChI=1S/C17H24N2O7S/c1-5-9-25-16(21)18(17(22)26-10-6-2)19(27(4,23)24)15-11-13(3)7-8-14(15)12-20/h5-6,11-12,14-15H,1-2,7-10H2,3-4H3/t14-,15+/m0/s1. The lowest BCUT2D eigenvalue weighted by atomic mass is 9.87. The van der Waals surface area contributed by atoms with Crippen LogP contribution in [0.15, 0.2) is 37.0 Å². The zero-order valence-corrected chi connectivity index (χ0v) is 16.2. The van der Waals surface area contributed by atoms with Crippen LogP contribution >= 0.6 is 0 Å². The Labute approximate surface area is 158 Å². The first-order valence-corrected chi connectivity index (χ1v) is 9.99. The Morgan fingerprint density at radius 3 is 2.15 bits per heavy atom. The summed E-state index contributed by atoms with van der Waals surface area (Å²) in [6, 6.07) is -1.07. The maximum Gasteiger partial charge on any atom is 0.435 e. The van der Waals surface area contributed by atoms with E-state index in [9.17, 15) is 22.8 Å². The number of hydrogen-bond acceptors (Lipinski definition) is 7. The number of aldehydes is 1. The number of amides is 2. The molecule has 150 valence electrons. The molecule has 0 N–H and O–H groups in total. The first-order valence-electron chi connectivity index (χ1n) is 8.14. The Bertz CT molecular complexity index is 706. The van der Waals surface area contributed by atoms with Crippen LogP contribution in [-0.2, 0) is 24.3 Å². The number of rotatable bonds is 8. The van der Waals surface area contributed by atoms with Crippen molar-refractivity contribution in [3.05, 3.63) is 37.0 Å². The molecule has 10 heteroatoms. The number of ether oxygens (including phenoxy) is 2. The van der Waals surface area contributed by atoms with Gasteiger partial charge in [0, 0.05) is 5.92 Å². The molecule has 1 rings (SSSR count). The second-order valence-corrected chi connectivity index (χ2v) is 7.76. The number of nitrogens with zero attached hydrogens (tertiary/aromatic N) is 2. The summed E-state index contributed by atoms with van der Waals surface area (Å²) in [5, 5.41) is 0.249. The summed E-state index contributed by atoms with van der Waals surface area (Å²) >= 11 is 0. The minimum atomic E-state index is -4.17. The zero-order valence-electron chi connectivity index (χ0n) is 15.4. The van der Waals surface area contributed by atoms with E-state index in [0.717, 1.165) is 11.8 Å². The number of allylic oxidation sites excluding steroid dienone is 1. The van der Waals surface area contributed by atoms with Gasteiger partial charge in [-0.15, -0.1) is 5.01 Å². The number of carbonyl (C=O) groups is 3. The summed E-state index contributed by atoms with van der Waals surface area (Å²) < 4.78 is 35.2. The molecule has 0 aliphatic heterocycles. The third-order valence-electron chi connectivity index (χ3n) is 3.73. The summed E-state index contributed by atoms with van der Waals surface area (Å²) in [4.78, 5) is 36.3. The molecule has 0 saturated heterocycles. The van der Waals surface area contributed by atoms with E-state index in [0.29, 0.717) is 23.5 Å². The van der Waals surface area contributed by atoms with Crippen LogP contribution < -0.4 is 0 Å². The highest BCUT2D eigenvalue weighted by Crippen LogP contribution is 2.29. The molecule has 0 bridgehead atoms. The predicted molar refractivity (Wildman–Crippen MR) is 97.9 cm³/mol. The number of sulfonamides is 1. The molecule has 0 spiro atoms. The molecule has 27 heavy (non-hydrogen) atoms. The van der Waals surface area contributed by atoms with Crippen LogP contribution in [0.5, 0.6) is 0 Å². The molecule has 0 fully saturated rings. The Kier molecular flexibility index (Phi) is 8.38. The highest BCUT2D eigenvalue weighted by atomic mass is 32.2. The van der Waals surface area contributed by atoms with Crippen molar-refractivity contribution in [2.24, 2.45) is 5.92 Å². The van der Waals surface area contributed by atoms with Gasteiger partial charge in [0.25, 0.3) is 0 Å². The van der Waals surface area contributed by atoms with Gasteiger partial charge in [0.2, 0.25) is 10.0 Å². The van der Waals surface area contributed by atoms with Gasteiger partial charge in [0.1, 0.15) is 19.5 Å². The lowest BCUT2D eigenvalue weighted by molar-refractivity contribution is -0.113. The average molecular weight is 400 g/mol. The first-order chi connectivity index (χ1) is 12.7. The van der Waals surface area contributed by atoms with Crippen molar-refractivity contribution in [3.8, 4) is 0 Å². The van der Waals surface area contributed by atoms with Gasteiger partial charge < -0.3 is 14.3 Å². The maximum atomic E-state index is 12.5. The normalized spacial score (nSPS) is 19.6. The largest absolute Gasteiger partial charge is 0.444 e. The van der Waals surface area contributed by atoms with Gasteiger partial charge in [-0.1, -0.05) is 41.4 Å². The molecule has 9 nitrogen and oxygen atoms in total. The average Bonchev–Trinajstić information content (AvgIpc) is 2.60. The molecular weight excluding hydrogens is 376 g/mol. The fourth-order valence-corrected chi connectivity index (χ4v) is 3.65. The highest BCUT2D eigenvalue weighted by Gasteiger charge is 2.44. The Balaban J connectivity index is 3.45. The quantitative estimate of drug-likeness (QED) is 0.348. The molecule has 1 aliphatic rings. The molecule has 0 aromatic rings. The summed E-state index contributed by atoms with van der Waals surface area (Å²) in [5.74, 6) is -0.745. The van der Waals surface area contributed by atoms with Crippen molar-refractivity contribution >= 4 is 28.5 Å². The molecule has 1 aliphatic carbocycles. The van der Waals surface area contributed by atoms with Crippen molar-refractivity contribution < 1.29 is 32.3 Å². The summed E-state index contributed by atoms with van der Waals surface area (Å²) in [5.41, 5.74) is 0.825. The zero-order chi connectivity index (χ0) is 20.6. The van der Waals surface area contributed by atoms with E-state index in [2.05, 4.69) is 13.2 Å². The van der Waals surface area contributed by atoms with Gasteiger partial charge in [-0.2, -0.15) is 0 Å². The number of hydrazine groups is 1. The number of imide groups is 1. The van der Waals surface area contributed by atoms with E-state index in [1.807, 2.05) is 0 Å². The minimum Gasteiger partial charge on any atom is -0.444 e. The van der Waals surface area contributed by atoms with Crippen LogP contribution in [-0.4, -0.2) is 61.8 Å². The minimum absolute atomic E-state index is 0.249. The van der Waals surface area contributed by atoms with Gasteiger partial charge in [-0.25, -0.2) is 18.0 Å². The molecule has 0 aromatic carbocycles. The van der Waals surface area contributed by atoms with Crippen molar-refractivity contribution in [1.29, 1.82) is 0 Å². The molecule has 0 aromatic heterocycles. The monoisotopic (exact) mass is 400 g/mol. The van der Waals surface area contributed by atoms with Crippen LogP contribution in [0.2, 0.25) is 0 Å². The van der Waals surface area contributed by atoms with Crippen LogP contribution in [0.4, 0.5) is 9.59 Å². The van der Waals surface area contributed by atoms with Gasteiger partial charge in [0.05, 0.1) is 12.3 Å². The number of carbonyl (C=O) groups excluding carboxylic acids is 3. The van der Waals surface area contributed by atoms with Gasteiger partial charge in [-0.05, 0) is 19.8 Å². The van der Waals surface area contributed by atoms with Gasteiger partial charge in [-0.3, -0.25) is 0 Å². The molecule has 2 atom stereocenters. The van der Waals surface area contributed by atoms with E-state index in [4.69, 9.17) is 9.47 Å². The van der Waals surface area contributed by atoms with Crippen LogP contribution in [0, 0.1) is 5.92 Å². The highest BCUT2D eigenvalue weighted by molar-refractivity contribution is 7.88. The van der Waals surface area contributed by atoms with E-state index in [1.165, 1.54) is 18.2 Å². The van der Waals surface area contributed by atoms with Crippen molar-refractivity contribution in [1.82, 2.24) is 9.42 Å². The van der Waals surface area contributed by atoms with Crippen LogP contribution in [0.3, 0.4) is 0 Å². The third-order valence-corrected chi connectivity index (χ3v) is 4.81. The lowest BCUT2D eigenvalue weighted by Crippen LogP contribution is -2.58. The molecule has 0 heterocycles. The maximum absolute atomic E-state index is 12.5. The molecular formula is C17H24N2O7S. The van der Waals surface area contributed by atoms with Crippen LogP contribution in [0.1, 0.15) is 19.8 Å². The summed E-state index contributed by atoms with van der Waals surface area (Å²) in [7, 11) is -4.17. The molecule has 0 saturated carbocycles. The Hall–Kier alpha value is -2.46. The third kappa shape index (κ3) is 6.04. The second-order valence-electron chi connectivity index (χ2n) is 5.92. The van der Waals surface area contributed by atoms with E-state index in [-0.39, 0.29) is 18.2 Å². The van der Waals surface area contributed by atoms with Crippen molar-refractivity contribution in [2.45, 2.75) is 25.8 Å². The molecule has 2 amide bonds. The van der Waals surface area contributed by atoms with Gasteiger partial charge in [0.15, 0.2) is 0 Å². The van der Waals surface area contributed by atoms with E-state index >= 15 is 0 Å². The summed E-state index contributed by atoms with van der Waals surface area (Å²) in [6.45, 7) is 8.05. The van der Waals surface area contributed by atoms with E-state index in [1.54, 1.807) is 6.92 Å². The lowest BCUT2D eigenvalue weighted by Gasteiger charge is -2.38. The molecule has 0 radical (unpaired) electrons. The smallest absolute Gasteiger partial charge is 0.435 e. The Morgan fingerprint density at radius 1 is 1.22 bits per heavy atom. The van der Waals surface area contributed by atoms with Crippen molar-refractivity contribution in [2.75, 3.05) is 19.5 Å². The first kappa shape index (κ1) is 22.6. The predicted octanol–water partition coefficient (Wildman–Crippen LogP) is 2.03. The second kappa shape index (κ2) is 10.0. The fourth-order valence-electron chi connectivity index (χ4n) is 2.56. The topological polar surface area (TPSA) is 110 Å². The van der Waals surface area contributed by atoms with E-state index < -0.39 is 34.2 Å². The van der Waals surface area contributed by atoms with Crippen molar-refractivity contribution in [3.63, 3.8) is 0 Å². The SMILES string of the molecule is C=CCOC(=O)N(C(=O)OCC=C)N([C@@H]1C=C(C)CC[C@H]1C=O)S(C)(=O)=O. The summed E-state index contributed by atoms with van der Waals surface area (Å²) in [6.07, 6.45) is 3.92. The number of hydrogen-bond donors (Lipinski definition) is 0. The fraction of sp³-hybridized carbons (Fsp3) is 0.471. The molecule has 0 unspecified atom stereocenters. The Morgan fingerprint density at radius 2 is 1.74 bits per heavy atom. The van der Waals surface area contributed by atoms with Gasteiger partial charge >= 0.3 is 12.2 Å². The van der Waals surface area contributed by atoms with Crippen LogP contribution in [0.25, 0.3) is 0 Å².